The molecule has 0 N–H and O–H groups in total. The molecule has 1 saturated heterocycles. The SMILES string of the molecule is CCC.Cc1cn(Cc2cn(C3CN(C)C3)nn2)c2ccncc12. The molecule has 0 bridgehead atoms. The Hall–Kier alpha value is -2.21. The lowest BCUT2D eigenvalue weighted by Gasteiger charge is -2.35. The van der Waals surface area contributed by atoms with E-state index in [1.807, 2.05) is 23.1 Å². The largest absolute Gasteiger partial charge is 0.341 e. The summed E-state index contributed by atoms with van der Waals surface area (Å²) in [5.41, 5.74) is 3.44. The zero-order valence-electron chi connectivity index (χ0n) is 15.0. The first-order valence-corrected chi connectivity index (χ1v) is 8.61. The van der Waals surface area contributed by atoms with Crippen molar-refractivity contribution in [3.8, 4) is 0 Å². The molecule has 3 aromatic rings. The summed E-state index contributed by atoms with van der Waals surface area (Å²) in [6.45, 7) is 9.22. The molecule has 1 aliphatic heterocycles. The van der Waals surface area contributed by atoms with Crippen molar-refractivity contribution in [2.75, 3.05) is 20.1 Å². The normalized spacial score (nSPS) is 15.2. The summed E-state index contributed by atoms with van der Waals surface area (Å²) in [6.07, 6.45) is 9.23. The summed E-state index contributed by atoms with van der Waals surface area (Å²) >= 11 is 0. The number of hydrogen-bond donors (Lipinski definition) is 0. The fraction of sp³-hybridized carbons (Fsp3) is 0.500. The van der Waals surface area contributed by atoms with Crippen LogP contribution in [-0.4, -0.2) is 49.6 Å². The van der Waals surface area contributed by atoms with Crippen molar-refractivity contribution in [1.29, 1.82) is 0 Å². The van der Waals surface area contributed by atoms with Gasteiger partial charge in [-0.1, -0.05) is 25.5 Å². The fourth-order valence-electron chi connectivity index (χ4n) is 3.02. The first kappa shape index (κ1) is 16.6. The van der Waals surface area contributed by atoms with Crippen LogP contribution < -0.4 is 0 Å². The second kappa shape index (κ2) is 7.13. The number of pyridine rings is 1. The van der Waals surface area contributed by atoms with E-state index in [1.54, 1.807) is 0 Å². The van der Waals surface area contributed by atoms with Gasteiger partial charge in [0.25, 0.3) is 0 Å². The zero-order chi connectivity index (χ0) is 17.1. The highest BCUT2D eigenvalue weighted by Crippen LogP contribution is 2.21. The van der Waals surface area contributed by atoms with E-state index in [-0.39, 0.29) is 0 Å². The quantitative estimate of drug-likeness (QED) is 0.742. The molecule has 0 atom stereocenters. The van der Waals surface area contributed by atoms with Crippen LogP contribution in [-0.2, 0) is 6.54 Å². The Morgan fingerprint density at radius 1 is 1.21 bits per heavy atom. The van der Waals surface area contributed by atoms with Crippen molar-refractivity contribution in [2.24, 2.45) is 0 Å². The van der Waals surface area contributed by atoms with Crippen LogP contribution in [0, 0.1) is 6.92 Å². The summed E-state index contributed by atoms with van der Waals surface area (Å²) < 4.78 is 4.21. The molecule has 1 fully saturated rings. The highest BCUT2D eigenvalue weighted by atomic mass is 15.5. The standard InChI is InChI=1S/C15H18N6.C3H8/c1-11-6-20(15-3-4-16-5-14(11)15)7-12-8-21(18-17-12)13-9-19(2)10-13;1-3-2/h3-6,8,13H,7,9-10H2,1-2H3;3H2,1-2H3. The van der Waals surface area contributed by atoms with Gasteiger partial charge in [-0.3, -0.25) is 4.98 Å². The van der Waals surface area contributed by atoms with Crippen molar-refractivity contribution in [2.45, 2.75) is 39.8 Å². The van der Waals surface area contributed by atoms with E-state index in [2.05, 4.69) is 65.0 Å². The Bertz CT molecular complexity index is 797. The van der Waals surface area contributed by atoms with Crippen LogP contribution >= 0.6 is 0 Å². The Balaban J connectivity index is 0.000000526. The zero-order valence-corrected chi connectivity index (χ0v) is 15.0. The van der Waals surface area contributed by atoms with Gasteiger partial charge in [0.1, 0.15) is 5.69 Å². The van der Waals surface area contributed by atoms with Crippen LogP contribution in [0.15, 0.2) is 30.9 Å². The number of aromatic nitrogens is 5. The summed E-state index contributed by atoms with van der Waals surface area (Å²) in [4.78, 5) is 6.48. The highest BCUT2D eigenvalue weighted by Gasteiger charge is 2.25. The van der Waals surface area contributed by atoms with Crippen LogP contribution in [0.3, 0.4) is 0 Å². The molecule has 1 aliphatic rings. The minimum absolute atomic E-state index is 0.476. The number of likely N-dealkylation sites (N-methyl/N-ethyl adjacent to an activating group) is 1. The van der Waals surface area contributed by atoms with E-state index in [0.717, 1.165) is 25.3 Å². The molecular formula is C18H26N6. The number of hydrogen-bond acceptors (Lipinski definition) is 4. The maximum absolute atomic E-state index is 4.31. The maximum Gasteiger partial charge on any atom is 0.102 e. The molecule has 4 heterocycles. The Morgan fingerprint density at radius 2 is 1.96 bits per heavy atom. The minimum atomic E-state index is 0.476. The summed E-state index contributed by atoms with van der Waals surface area (Å²) in [5, 5.41) is 9.78. The minimum Gasteiger partial charge on any atom is -0.341 e. The van der Waals surface area contributed by atoms with Crippen molar-refractivity contribution in [3.05, 3.63) is 42.1 Å². The smallest absolute Gasteiger partial charge is 0.102 e. The first-order chi connectivity index (χ1) is 11.6. The summed E-state index contributed by atoms with van der Waals surface area (Å²) in [5.74, 6) is 0. The molecule has 0 unspecified atom stereocenters. The van der Waals surface area contributed by atoms with E-state index in [0.29, 0.717) is 6.04 Å². The predicted molar refractivity (Wildman–Crippen MR) is 96.1 cm³/mol. The third-order valence-corrected chi connectivity index (χ3v) is 4.19. The van der Waals surface area contributed by atoms with Gasteiger partial charge in [0.05, 0.1) is 24.3 Å². The van der Waals surface area contributed by atoms with Gasteiger partial charge >= 0.3 is 0 Å². The van der Waals surface area contributed by atoms with Gasteiger partial charge in [-0.05, 0) is 25.6 Å². The Morgan fingerprint density at radius 3 is 2.67 bits per heavy atom. The average molecular weight is 326 g/mol. The van der Waals surface area contributed by atoms with Crippen LogP contribution in [0.25, 0.3) is 10.9 Å². The monoisotopic (exact) mass is 326 g/mol. The van der Waals surface area contributed by atoms with Crippen LogP contribution in [0.5, 0.6) is 0 Å². The van der Waals surface area contributed by atoms with Gasteiger partial charge in [-0.15, -0.1) is 5.10 Å². The van der Waals surface area contributed by atoms with E-state index in [4.69, 9.17) is 0 Å². The molecule has 4 rings (SSSR count). The second-order valence-corrected chi connectivity index (χ2v) is 6.60. The van der Waals surface area contributed by atoms with Crippen LogP contribution in [0.1, 0.15) is 37.6 Å². The van der Waals surface area contributed by atoms with Gasteiger partial charge in [-0.25, -0.2) is 4.68 Å². The van der Waals surface area contributed by atoms with Gasteiger partial charge in [0.2, 0.25) is 0 Å². The molecule has 0 aromatic carbocycles. The maximum atomic E-state index is 4.31. The summed E-state index contributed by atoms with van der Waals surface area (Å²) in [6, 6.07) is 2.52. The van der Waals surface area contributed by atoms with Crippen molar-refractivity contribution in [3.63, 3.8) is 0 Å². The van der Waals surface area contributed by atoms with E-state index < -0.39 is 0 Å². The number of rotatable bonds is 3. The molecule has 6 heteroatoms. The fourth-order valence-corrected chi connectivity index (χ4v) is 3.02. The molecule has 0 amide bonds. The third kappa shape index (κ3) is 3.33. The van der Waals surface area contributed by atoms with Crippen molar-refractivity contribution >= 4 is 10.9 Å². The second-order valence-electron chi connectivity index (χ2n) is 6.60. The van der Waals surface area contributed by atoms with Crippen molar-refractivity contribution in [1.82, 2.24) is 29.4 Å². The molecule has 0 spiro atoms. The predicted octanol–water partition coefficient (Wildman–Crippen LogP) is 2.89. The first-order valence-electron chi connectivity index (χ1n) is 8.61. The molecule has 0 saturated carbocycles. The van der Waals surface area contributed by atoms with Crippen molar-refractivity contribution < 1.29 is 0 Å². The number of fused-ring (bicyclic) bond motifs is 1. The average Bonchev–Trinajstić information content (AvgIpc) is 3.11. The lowest BCUT2D eigenvalue weighted by Crippen LogP contribution is -2.45. The number of nitrogens with zero attached hydrogens (tertiary/aromatic N) is 6. The number of aryl methyl sites for hydroxylation is 1. The van der Waals surface area contributed by atoms with Gasteiger partial charge < -0.3 is 9.47 Å². The van der Waals surface area contributed by atoms with Gasteiger partial charge in [0, 0.05) is 37.1 Å². The summed E-state index contributed by atoms with van der Waals surface area (Å²) in [7, 11) is 2.12. The molecule has 0 aliphatic carbocycles. The Kier molecular flexibility index (Phi) is 4.94. The third-order valence-electron chi connectivity index (χ3n) is 4.19. The van der Waals surface area contributed by atoms with Gasteiger partial charge in [-0.2, -0.15) is 0 Å². The lowest BCUT2D eigenvalue weighted by atomic mass is 10.1. The topological polar surface area (TPSA) is 51.8 Å². The van der Waals surface area contributed by atoms with Gasteiger partial charge in [0.15, 0.2) is 0 Å². The van der Waals surface area contributed by atoms with E-state index in [9.17, 15) is 0 Å². The van der Waals surface area contributed by atoms with Crippen LogP contribution in [0.4, 0.5) is 0 Å². The van der Waals surface area contributed by atoms with Crippen LogP contribution in [0.2, 0.25) is 0 Å². The number of likely N-dealkylation sites (tertiary alicyclic amines) is 1. The highest BCUT2D eigenvalue weighted by molar-refractivity contribution is 5.82. The van der Waals surface area contributed by atoms with E-state index in [1.165, 1.54) is 22.9 Å². The molecule has 24 heavy (non-hydrogen) atoms. The molecule has 0 radical (unpaired) electrons. The van der Waals surface area contributed by atoms with E-state index >= 15 is 0 Å². The molecule has 3 aromatic heterocycles. The molecule has 128 valence electrons. The Labute approximate surface area is 143 Å². The molecule has 6 nitrogen and oxygen atoms in total. The lowest BCUT2D eigenvalue weighted by molar-refractivity contribution is 0.129. The molecular weight excluding hydrogens is 300 g/mol.